The minimum Gasteiger partial charge on any atom is -0.355 e. The van der Waals surface area contributed by atoms with Gasteiger partial charge in [0.1, 0.15) is 11.5 Å². The molecule has 2 aromatic heterocycles. The molecule has 1 amide bonds. The third-order valence-corrected chi connectivity index (χ3v) is 4.48. The number of hydrogen-bond acceptors (Lipinski definition) is 5. The lowest BCUT2D eigenvalue weighted by Gasteiger charge is -2.38. The number of amides is 1. The first-order valence-corrected chi connectivity index (χ1v) is 8.01. The zero-order valence-corrected chi connectivity index (χ0v) is 12.8. The van der Waals surface area contributed by atoms with Crippen molar-refractivity contribution in [3.8, 4) is 0 Å². The Morgan fingerprint density at radius 2 is 2.33 bits per heavy atom. The number of likely N-dealkylation sites (N-methyl/N-ethyl adjacent to an activating group) is 1. The van der Waals surface area contributed by atoms with E-state index in [2.05, 4.69) is 14.9 Å². The number of anilines is 1. The minimum absolute atomic E-state index is 0.00382. The van der Waals surface area contributed by atoms with Gasteiger partial charge < -0.3 is 9.80 Å². The number of aromatic nitrogens is 2. The van der Waals surface area contributed by atoms with Crippen molar-refractivity contribution in [1.29, 1.82) is 0 Å². The molecule has 1 fully saturated rings. The number of hydrogen-bond donors (Lipinski definition) is 0. The Bertz CT molecular complexity index is 587. The van der Waals surface area contributed by atoms with E-state index in [-0.39, 0.29) is 11.9 Å². The standard InChI is InChI=1S/C15H18N4OS/c1-18(15(20)13-10-21-11-17-13)12-5-4-8-19(9-12)14-6-2-3-7-16-14/h2-3,6-7,10-12H,4-5,8-9H2,1H3. The Hall–Kier alpha value is -1.95. The third kappa shape index (κ3) is 3.05. The summed E-state index contributed by atoms with van der Waals surface area (Å²) < 4.78 is 0. The van der Waals surface area contributed by atoms with Gasteiger partial charge in [-0.2, -0.15) is 0 Å². The molecule has 5 nitrogen and oxygen atoms in total. The SMILES string of the molecule is CN(C(=O)c1cscn1)C1CCCN(c2ccccn2)C1. The molecule has 0 saturated carbocycles. The van der Waals surface area contributed by atoms with Crippen molar-refractivity contribution in [2.45, 2.75) is 18.9 Å². The zero-order valence-electron chi connectivity index (χ0n) is 12.0. The van der Waals surface area contributed by atoms with Gasteiger partial charge in [-0.1, -0.05) is 6.07 Å². The Kier molecular flexibility index (Phi) is 4.15. The second-order valence-electron chi connectivity index (χ2n) is 5.22. The molecule has 21 heavy (non-hydrogen) atoms. The summed E-state index contributed by atoms with van der Waals surface area (Å²) in [7, 11) is 1.87. The van der Waals surface area contributed by atoms with E-state index < -0.39 is 0 Å². The van der Waals surface area contributed by atoms with Gasteiger partial charge in [0.25, 0.3) is 5.91 Å². The van der Waals surface area contributed by atoms with Crippen LogP contribution in [0.15, 0.2) is 35.3 Å². The topological polar surface area (TPSA) is 49.3 Å². The van der Waals surface area contributed by atoms with Crippen molar-refractivity contribution in [1.82, 2.24) is 14.9 Å². The van der Waals surface area contributed by atoms with E-state index in [1.807, 2.05) is 36.3 Å². The molecule has 3 rings (SSSR count). The summed E-state index contributed by atoms with van der Waals surface area (Å²) in [5.41, 5.74) is 2.24. The highest BCUT2D eigenvalue weighted by Gasteiger charge is 2.27. The summed E-state index contributed by atoms with van der Waals surface area (Å²) in [5, 5.41) is 1.80. The van der Waals surface area contributed by atoms with Crippen LogP contribution in [-0.4, -0.2) is 47.0 Å². The van der Waals surface area contributed by atoms with Gasteiger partial charge in [0, 0.05) is 37.8 Å². The van der Waals surface area contributed by atoms with Crippen molar-refractivity contribution in [3.63, 3.8) is 0 Å². The average molecular weight is 302 g/mol. The maximum absolute atomic E-state index is 12.4. The number of piperidine rings is 1. The van der Waals surface area contributed by atoms with Crippen LogP contribution in [0.3, 0.4) is 0 Å². The van der Waals surface area contributed by atoms with Crippen LogP contribution in [0.5, 0.6) is 0 Å². The van der Waals surface area contributed by atoms with Crippen LogP contribution in [0.2, 0.25) is 0 Å². The molecule has 110 valence electrons. The van der Waals surface area contributed by atoms with Crippen LogP contribution >= 0.6 is 11.3 Å². The molecule has 2 aromatic rings. The number of thiazole rings is 1. The van der Waals surface area contributed by atoms with E-state index in [4.69, 9.17) is 0 Å². The summed E-state index contributed by atoms with van der Waals surface area (Å²) in [6.45, 7) is 1.82. The minimum atomic E-state index is 0.00382. The molecule has 1 aliphatic rings. The molecule has 1 atom stereocenters. The van der Waals surface area contributed by atoms with E-state index in [9.17, 15) is 4.79 Å². The number of carbonyl (C=O) groups is 1. The quantitative estimate of drug-likeness (QED) is 0.873. The molecule has 0 spiro atoms. The van der Waals surface area contributed by atoms with Crippen LogP contribution in [0.4, 0.5) is 5.82 Å². The van der Waals surface area contributed by atoms with Crippen LogP contribution in [0, 0.1) is 0 Å². The molecular formula is C15H18N4OS. The fourth-order valence-electron chi connectivity index (χ4n) is 2.68. The molecule has 0 aromatic carbocycles. The molecular weight excluding hydrogens is 284 g/mol. The van der Waals surface area contributed by atoms with Crippen LogP contribution in [0.1, 0.15) is 23.3 Å². The third-order valence-electron chi connectivity index (χ3n) is 3.89. The Morgan fingerprint density at radius 1 is 1.43 bits per heavy atom. The highest BCUT2D eigenvalue weighted by atomic mass is 32.1. The Labute approximate surface area is 128 Å². The first-order valence-electron chi connectivity index (χ1n) is 7.07. The summed E-state index contributed by atoms with van der Waals surface area (Å²) >= 11 is 1.45. The van der Waals surface area contributed by atoms with Crippen molar-refractivity contribution in [3.05, 3.63) is 41.0 Å². The van der Waals surface area contributed by atoms with Gasteiger partial charge in [0.05, 0.1) is 5.51 Å². The predicted molar refractivity (Wildman–Crippen MR) is 83.7 cm³/mol. The van der Waals surface area contributed by atoms with E-state index in [0.29, 0.717) is 5.69 Å². The first kappa shape index (κ1) is 14.0. The highest BCUT2D eigenvalue weighted by molar-refractivity contribution is 7.07. The lowest BCUT2D eigenvalue weighted by Crippen LogP contribution is -2.49. The zero-order chi connectivity index (χ0) is 14.7. The lowest BCUT2D eigenvalue weighted by atomic mass is 10.0. The molecule has 6 heteroatoms. The molecule has 0 bridgehead atoms. The predicted octanol–water partition coefficient (Wildman–Crippen LogP) is 2.28. The molecule has 3 heterocycles. The maximum Gasteiger partial charge on any atom is 0.273 e. The van der Waals surface area contributed by atoms with E-state index >= 15 is 0 Å². The average Bonchev–Trinajstić information content (AvgIpc) is 3.09. The lowest BCUT2D eigenvalue weighted by molar-refractivity contribution is 0.0712. The maximum atomic E-state index is 12.4. The summed E-state index contributed by atoms with van der Waals surface area (Å²) in [5.74, 6) is 0.987. The Balaban J connectivity index is 1.70. The molecule has 0 radical (unpaired) electrons. The summed E-state index contributed by atoms with van der Waals surface area (Å²) in [6, 6.07) is 6.14. The largest absolute Gasteiger partial charge is 0.355 e. The van der Waals surface area contributed by atoms with E-state index in [1.54, 1.807) is 10.9 Å². The highest BCUT2D eigenvalue weighted by Crippen LogP contribution is 2.21. The van der Waals surface area contributed by atoms with Crippen molar-refractivity contribution in [2.75, 3.05) is 25.0 Å². The summed E-state index contributed by atoms with van der Waals surface area (Å²) in [4.78, 5) is 25.0. The van der Waals surface area contributed by atoms with Crippen LogP contribution in [0.25, 0.3) is 0 Å². The van der Waals surface area contributed by atoms with Crippen LogP contribution in [-0.2, 0) is 0 Å². The monoisotopic (exact) mass is 302 g/mol. The van der Waals surface area contributed by atoms with Crippen molar-refractivity contribution >= 4 is 23.1 Å². The van der Waals surface area contributed by atoms with Gasteiger partial charge in [0.2, 0.25) is 0 Å². The molecule has 1 unspecified atom stereocenters. The summed E-state index contributed by atoms with van der Waals surface area (Å²) in [6.07, 6.45) is 3.90. The number of pyridine rings is 1. The van der Waals surface area contributed by atoms with Gasteiger partial charge in [-0.15, -0.1) is 11.3 Å². The second kappa shape index (κ2) is 6.22. The van der Waals surface area contributed by atoms with E-state index in [0.717, 1.165) is 31.7 Å². The fourth-order valence-corrected chi connectivity index (χ4v) is 3.21. The van der Waals surface area contributed by atoms with E-state index in [1.165, 1.54) is 11.3 Å². The van der Waals surface area contributed by atoms with Gasteiger partial charge in [-0.05, 0) is 25.0 Å². The molecule has 0 N–H and O–H groups in total. The van der Waals surface area contributed by atoms with Gasteiger partial charge >= 0.3 is 0 Å². The second-order valence-corrected chi connectivity index (χ2v) is 5.94. The number of nitrogens with zero attached hydrogens (tertiary/aromatic N) is 4. The van der Waals surface area contributed by atoms with Gasteiger partial charge in [0.15, 0.2) is 0 Å². The molecule has 1 aliphatic heterocycles. The first-order chi connectivity index (χ1) is 10.3. The molecule has 1 saturated heterocycles. The Morgan fingerprint density at radius 3 is 3.05 bits per heavy atom. The number of carbonyl (C=O) groups excluding carboxylic acids is 1. The number of rotatable bonds is 3. The van der Waals surface area contributed by atoms with Crippen molar-refractivity contribution in [2.24, 2.45) is 0 Å². The van der Waals surface area contributed by atoms with Crippen molar-refractivity contribution < 1.29 is 4.79 Å². The van der Waals surface area contributed by atoms with Gasteiger partial charge in [-0.3, -0.25) is 4.79 Å². The fraction of sp³-hybridized carbons (Fsp3) is 0.400. The smallest absolute Gasteiger partial charge is 0.273 e. The van der Waals surface area contributed by atoms with Crippen LogP contribution < -0.4 is 4.90 Å². The van der Waals surface area contributed by atoms with Gasteiger partial charge in [-0.25, -0.2) is 9.97 Å². The normalized spacial score (nSPS) is 18.5. The molecule has 0 aliphatic carbocycles.